The number of benzene rings is 3. The summed E-state index contributed by atoms with van der Waals surface area (Å²) in [5, 5.41) is 0. The fourth-order valence-electron chi connectivity index (χ4n) is 4.48. The lowest BCUT2D eigenvalue weighted by Crippen LogP contribution is -2.29. The maximum atomic E-state index is 6.14. The Hall–Kier alpha value is -2.62. The van der Waals surface area contributed by atoms with Crippen molar-refractivity contribution in [1.29, 1.82) is 0 Å². The van der Waals surface area contributed by atoms with E-state index in [9.17, 15) is 0 Å². The van der Waals surface area contributed by atoms with Gasteiger partial charge in [0, 0.05) is 19.5 Å². The minimum Gasteiger partial charge on any atom is -0.491 e. The van der Waals surface area contributed by atoms with E-state index in [1.165, 1.54) is 27.8 Å². The molecule has 1 aliphatic heterocycles. The lowest BCUT2D eigenvalue weighted by Gasteiger charge is -2.23. The summed E-state index contributed by atoms with van der Waals surface area (Å²) in [5.41, 5.74) is 6.74. The molecule has 0 aromatic heterocycles. The predicted octanol–water partition coefficient (Wildman–Crippen LogP) is 6.24. The number of hydrogen-bond donors (Lipinski definition) is 0. The zero-order valence-electron chi connectivity index (χ0n) is 20.1. The zero-order valence-corrected chi connectivity index (χ0v) is 20.1. The van der Waals surface area contributed by atoms with E-state index in [0.29, 0.717) is 19.1 Å². The molecule has 3 heteroatoms. The van der Waals surface area contributed by atoms with E-state index in [1.54, 1.807) is 0 Å². The summed E-state index contributed by atoms with van der Waals surface area (Å²) in [6.45, 7) is 9.39. The zero-order chi connectivity index (χ0) is 22.9. The molecule has 0 atom stereocenters. The first-order chi connectivity index (χ1) is 16.2. The molecule has 3 aromatic carbocycles. The van der Waals surface area contributed by atoms with E-state index in [2.05, 4.69) is 91.5 Å². The largest absolute Gasteiger partial charge is 0.491 e. The minimum atomic E-state index is 0.502. The van der Waals surface area contributed by atoms with Crippen molar-refractivity contribution in [3.63, 3.8) is 0 Å². The van der Waals surface area contributed by atoms with Crippen molar-refractivity contribution in [2.24, 2.45) is 0 Å². The van der Waals surface area contributed by atoms with E-state index in [1.807, 2.05) is 0 Å². The van der Waals surface area contributed by atoms with E-state index in [-0.39, 0.29) is 0 Å². The second kappa shape index (κ2) is 12.0. The van der Waals surface area contributed by atoms with Crippen LogP contribution in [-0.4, -0.2) is 37.8 Å². The lowest BCUT2D eigenvalue weighted by molar-refractivity contribution is 0.0773. The van der Waals surface area contributed by atoms with Crippen LogP contribution in [0.4, 0.5) is 0 Å². The summed E-state index contributed by atoms with van der Waals surface area (Å²) in [6, 6.07) is 26.5. The van der Waals surface area contributed by atoms with Crippen molar-refractivity contribution in [3.8, 4) is 5.75 Å². The Bertz CT molecular complexity index is 999. The second-order valence-electron chi connectivity index (χ2n) is 9.34. The molecule has 0 saturated heterocycles. The van der Waals surface area contributed by atoms with Crippen molar-refractivity contribution in [2.75, 3.05) is 32.9 Å². The number of hydrogen-bond acceptors (Lipinski definition) is 3. The Morgan fingerprint density at radius 2 is 1.70 bits per heavy atom. The molecular weight excluding hydrogens is 406 g/mol. The normalized spacial score (nSPS) is 15.5. The number of rotatable bonds is 5. The fraction of sp³-hybridized carbons (Fsp3) is 0.400. The van der Waals surface area contributed by atoms with Gasteiger partial charge in [-0.3, -0.25) is 4.90 Å². The first kappa shape index (κ1) is 23.5. The van der Waals surface area contributed by atoms with Gasteiger partial charge in [0.2, 0.25) is 0 Å². The molecule has 2 bridgehead atoms. The van der Waals surface area contributed by atoms with Gasteiger partial charge in [0.1, 0.15) is 12.4 Å². The molecule has 174 valence electrons. The SMILES string of the molecule is CC(C)c1ccc2c(c1)Cc1cccc(c1)CN(CCCc1ccccc1)CCOCCO2. The molecule has 0 fully saturated rings. The lowest BCUT2D eigenvalue weighted by atomic mass is 9.96. The summed E-state index contributed by atoms with van der Waals surface area (Å²) in [7, 11) is 0. The van der Waals surface area contributed by atoms with Crippen LogP contribution in [0.5, 0.6) is 5.75 Å². The van der Waals surface area contributed by atoms with Gasteiger partial charge in [0.25, 0.3) is 0 Å². The molecule has 0 spiro atoms. The first-order valence-electron chi connectivity index (χ1n) is 12.3. The van der Waals surface area contributed by atoms with Crippen molar-refractivity contribution in [1.82, 2.24) is 4.90 Å². The minimum absolute atomic E-state index is 0.502. The van der Waals surface area contributed by atoms with Crippen molar-refractivity contribution in [2.45, 2.75) is 45.6 Å². The average molecular weight is 444 g/mol. The summed E-state index contributed by atoms with van der Waals surface area (Å²) in [4.78, 5) is 2.53. The Morgan fingerprint density at radius 3 is 2.55 bits per heavy atom. The van der Waals surface area contributed by atoms with Crippen LogP contribution in [0.15, 0.2) is 72.8 Å². The highest BCUT2D eigenvalue weighted by atomic mass is 16.5. The molecule has 1 aliphatic rings. The van der Waals surface area contributed by atoms with Gasteiger partial charge in [-0.05, 0) is 59.2 Å². The van der Waals surface area contributed by atoms with Gasteiger partial charge in [-0.2, -0.15) is 0 Å². The monoisotopic (exact) mass is 443 g/mol. The third kappa shape index (κ3) is 7.18. The summed E-state index contributed by atoms with van der Waals surface area (Å²) >= 11 is 0. The van der Waals surface area contributed by atoms with Crippen molar-refractivity contribution < 1.29 is 9.47 Å². The summed E-state index contributed by atoms with van der Waals surface area (Å²) in [5.74, 6) is 1.48. The molecule has 0 unspecified atom stereocenters. The maximum Gasteiger partial charge on any atom is 0.122 e. The van der Waals surface area contributed by atoms with Crippen molar-refractivity contribution >= 4 is 0 Å². The summed E-state index contributed by atoms with van der Waals surface area (Å²) in [6.07, 6.45) is 3.15. The molecule has 1 heterocycles. The van der Waals surface area contributed by atoms with Gasteiger partial charge >= 0.3 is 0 Å². The number of aryl methyl sites for hydroxylation is 1. The number of nitrogens with zero attached hydrogens (tertiary/aromatic N) is 1. The van der Waals surface area contributed by atoms with Crippen molar-refractivity contribution in [3.05, 3.63) is 101 Å². The molecular formula is C30H37NO2. The van der Waals surface area contributed by atoms with Crippen LogP contribution in [0, 0.1) is 0 Å². The maximum absolute atomic E-state index is 6.14. The van der Waals surface area contributed by atoms with E-state index >= 15 is 0 Å². The third-order valence-corrected chi connectivity index (χ3v) is 6.36. The Kier molecular flexibility index (Phi) is 8.57. The molecule has 0 saturated carbocycles. The van der Waals surface area contributed by atoms with Crippen LogP contribution in [0.1, 0.15) is 54.0 Å². The fourth-order valence-corrected chi connectivity index (χ4v) is 4.48. The number of ether oxygens (including phenoxy) is 2. The van der Waals surface area contributed by atoms with Gasteiger partial charge in [0.15, 0.2) is 0 Å². The molecule has 0 radical (unpaired) electrons. The van der Waals surface area contributed by atoms with Crippen LogP contribution in [-0.2, 0) is 24.1 Å². The van der Waals surface area contributed by atoms with E-state index in [0.717, 1.165) is 51.3 Å². The van der Waals surface area contributed by atoms with Crippen LogP contribution < -0.4 is 4.74 Å². The molecule has 33 heavy (non-hydrogen) atoms. The molecule has 3 nitrogen and oxygen atoms in total. The van der Waals surface area contributed by atoms with Crippen LogP contribution in [0.3, 0.4) is 0 Å². The second-order valence-corrected chi connectivity index (χ2v) is 9.34. The molecule has 3 aromatic rings. The standard InChI is InChI=1S/C30H37NO2/c1-24(2)28-13-14-30-29(22-28)21-26-10-6-11-27(20-26)23-31(16-17-32-18-19-33-30)15-7-12-25-8-4-3-5-9-25/h3-6,8-11,13-14,20,22,24H,7,12,15-19,21,23H2,1-2H3. The highest BCUT2D eigenvalue weighted by Gasteiger charge is 2.12. The first-order valence-corrected chi connectivity index (χ1v) is 12.3. The van der Waals surface area contributed by atoms with Gasteiger partial charge in [-0.25, -0.2) is 0 Å². The molecule has 4 rings (SSSR count). The highest BCUT2D eigenvalue weighted by Crippen LogP contribution is 2.27. The highest BCUT2D eigenvalue weighted by molar-refractivity contribution is 5.42. The van der Waals surface area contributed by atoms with Crippen LogP contribution in [0.25, 0.3) is 0 Å². The summed E-state index contributed by atoms with van der Waals surface area (Å²) < 4.78 is 12.1. The van der Waals surface area contributed by atoms with E-state index < -0.39 is 0 Å². The predicted molar refractivity (Wildman–Crippen MR) is 136 cm³/mol. The van der Waals surface area contributed by atoms with E-state index in [4.69, 9.17) is 9.47 Å². The van der Waals surface area contributed by atoms with Gasteiger partial charge in [-0.15, -0.1) is 0 Å². The smallest absolute Gasteiger partial charge is 0.122 e. The van der Waals surface area contributed by atoms with Crippen LogP contribution in [0.2, 0.25) is 0 Å². The molecule has 0 N–H and O–H groups in total. The Morgan fingerprint density at radius 1 is 0.848 bits per heavy atom. The van der Waals surface area contributed by atoms with Gasteiger partial charge < -0.3 is 9.47 Å². The van der Waals surface area contributed by atoms with Gasteiger partial charge in [0.05, 0.1) is 13.2 Å². The Balaban J connectivity index is 1.49. The molecule has 0 amide bonds. The Labute approximate surface area is 199 Å². The average Bonchev–Trinajstić information content (AvgIpc) is 2.82. The quantitative estimate of drug-likeness (QED) is 0.466. The third-order valence-electron chi connectivity index (χ3n) is 6.36. The van der Waals surface area contributed by atoms with Crippen LogP contribution >= 0.6 is 0 Å². The van der Waals surface area contributed by atoms with Gasteiger partial charge in [-0.1, -0.05) is 80.6 Å². The number of fused-ring (bicyclic) bond motifs is 3. The molecule has 0 aliphatic carbocycles. The topological polar surface area (TPSA) is 21.7 Å².